The van der Waals surface area contributed by atoms with Crippen molar-refractivity contribution in [2.75, 3.05) is 19.8 Å². The molecule has 47 heavy (non-hydrogen) atoms. The highest BCUT2D eigenvalue weighted by Gasteiger charge is 2.67. The summed E-state index contributed by atoms with van der Waals surface area (Å²) in [5, 5.41) is 83.7. The van der Waals surface area contributed by atoms with E-state index >= 15 is 0 Å². The van der Waals surface area contributed by atoms with Gasteiger partial charge in [0.1, 0.15) is 55.3 Å². The molecule has 8 N–H and O–H groups in total. The van der Waals surface area contributed by atoms with E-state index in [9.17, 15) is 50.4 Å². The fraction of sp³-hybridized carbons (Fsp3) is 0.938. The average molecular weight is 683 g/mol. The Morgan fingerprint density at radius 2 is 1.15 bits per heavy atom. The maximum Gasteiger partial charge on any atom is 0.364 e. The first-order chi connectivity index (χ1) is 22.4. The molecule has 2 aliphatic rings. The molecule has 2 aliphatic heterocycles. The minimum Gasteiger partial charge on any atom is -0.394 e. The Morgan fingerprint density at radius 1 is 0.660 bits per heavy atom. The SMILES string of the molecule is CCCCCCCCCCCCCCCCC(C(=O)OOC(C)=O)[C@@]1(OC2(CO)O[C@H](CO)[C@@H](O)[C@@H]2O)O[C@H](CO)[C@@H](O)[C@H](O)[C@H]1O. The first-order valence-corrected chi connectivity index (χ1v) is 17.1. The maximum absolute atomic E-state index is 13.4. The van der Waals surface area contributed by atoms with Crippen LogP contribution in [0.25, 0.3) is 0 Å². The van der Waals surface area contributed by atoms with Gasteiger partial charge in [0.05, 0.1) is 13.2 Å². The molecule has 0 aromatic carbocycles. The molecule has 0 saturated carbocycles. The molecule has 0 bridgehead atoms. The standard InChI is InChI=1S/C32H58O15/c1-3-4-5-6-7-8-9-10-11-12-13-14-15-16-17-22(30(42)46-45-21(2)36)32(29(41)27(39)25(37)23(18-33)44-32)47-31(20-35)28(40)26(38)24(19-34)43-31/h22-29,33-35,37-41H,3-20H2,1-2H3/t22?,23-,24-,25-,26-,27+,28+,29-,31?,32+/m1/s1. The van der Waals surface area contributed by atoms with Crippen LogP contribution in [0.1, 0.15) is 110 Å². The van der Waals surface area contributed by atoms with Crippen molar-refractivity contribution in [2.24, 2.45) is 5.92 Å². The lowest BCUT2D eigenvalue weighted by Gasteiger charge is -2.53. The average Bonchev–Trinajstić information content (AvgIpc) is 3.30. The van der Waals surface area contributed by atoms with Crippen molar-refractivity contribution in [1.82, 2.24) is 0 Å². The van der Waals surface area contributed by atoms with Crippen LogP contribution >= 0.6 is 0 Å². The summed E-state index contributed by atoms with van der Waals surface area (Å²) in [5.41, 5.74) is 0. The number of aliphatic hydroxyl groups excluding tert-OH is 8. The van der Waals surface area contributed by atoms with Crippen molar-refractivity contribution in [3.63, 3.8) is 0 Å². The number of carbonyl (C=O) groups excluding carboxylic acids is 2. The molecule has 10 atom stereocenters. The number of carbonyl (C=O) groups is 2. The predicted octanol–water partition coefficient (Wildman–Crippen LogP) is 0.484. The highest BCUT2D eigenvalue weighted by atomic mass is 17.2. The molecule has 2 saturated heterocycles. The smallest absolute Gasteiger partial charge is 0.364 e. The third-order valence-corrected chi connectivity index (χ3v) is 9.08. The summed E-state index contributed by atoms with van der Waals surface area (Å²) in [6, 6.07) is 0. The molecule has 0 aliphatic carbocycles. The summed E-state index contributed by atoms with van der Waals surface area (Å²) < 4.78 is 17.2. The molecule has 276 valence electrons. The van der Waals surface area contributed by atoms with Gasteiger partial charge in [0.2, 0.25) is 11.6 Å². The summed E-state index contributed by atoms with van der Waals surface area (Å²) >= 11 is 0. The zero-order valence-corrected chi connectivity index (χ0v) is 27.8. The van der Waals surface area contributed by atoms with Gasteiger partial charge in [-0.25, -0.2) is 19.4 Å². The minimum absolute atomic E-state index is 0.181. The number of aliphatic hydroxyl groups is 8. The molecule has 0 radical (unpaired) electrons. The second-order valence-electron chi connectivity index (χ2n) is 12.7. The number of rotatable bonds is 22. The fourth-order valence-corrected chi connectivity index (χ4v) is 6.32. The van der Waals surface area contributed by atoms with Crippen molar-refractivity contribution in [1.29, 1.82) is 0 Å². The van der Waals surface area contributed by atoms with Crippen LogP contribution in [-0.4, -0.2) is 127 Å². The van der Waals surface area contributed by atoms with Crippen molar-refractivity contribution in [3.8, 4) is 0 Å². The van der Waals surface area contributed by atoms with Crippen LogP contribution in [0.5, 0.6) is 0 Å². The first-order valence-electron chi connectivity index (χ1n) is 17.1. The Kier molecular flexibility index (Phi) is 18.5. The zero-order valence-electron chi connectivity index (χ0n) is 27.8. The quantitative estimate of drug-likeness (QED) is 0.0440. The van der Waals surface area contributed by atoms with E-state index < -0.39 is 92.0 Å². The second-order valence-corrected chi connectivity index (χ2v) is 12.7. The summed E-state index contributed by atoms with van der Waals surface area (Å²) in [5.74, 6) is -9.52. The number of hydrogen-bond donors (Lipinski definition) is 8. The van der Waals surface area contributed by atoms with E-state index in [-0.39, 0.29) is 6.42 Å². The van der Waals surface area contributed by atoms with Gasteiger partial charge < -0.3 is 55.1 Å². The fourth-order valence-electron chi connectivity index (χ4n) is 6.32. The van der Waals surface area contributed by atoms with Gasteiger partial charge in [0.25, 0.3) is 0 Å². The van der Waals surface area contributed by atoms with Crippen LogP contribution in [0.15, 0.2) is 0 Å². The van der Waals surface area contributed by atoms with E-state index in [1.54, 1.807) is 0 Å². The second kappa shape index (κ2) is 20.9. The molecular weight excluding hydrogens is 624 g/mol. The molecule has 2 fully saturated rings. The highest BCUT2D eigenvalue weighted by molar-refractivity contribution is 5.75. The lowest BCUT2D eigenvalue weighted by Crippen LogP contribution is -2.72. The molecule has 0 aromatic heterocycles. The topological polar surface area (TPSA) is 242 Å². The van der Waals surface area contributed by atoms with Gasteiger partial charge in [0.15, 0.2) is 0 Å². The van der Waals surface area contributed by atoms with Crippen molar-refractivity contribution in [2.45, 2.75) is 164 Å². The van der Waals surface area contributed by atoms with Gasteiger partial charge in [-0.15, -0.1) is 0 Å². The normalized spacial score (nSPS) is 33.1. The van der Waals surface area contributed by atoms with Gasteiger partial charge in [-0.2, -0.15) is 0 Å². The van der Waals surface area contributed by atoms with E-state index in [4.69, 9.17) is 19.1 Å². The van der Waals surface area contributed by atoms with Gasteiger partial charge >= 0.3 is 11.9 Å². The van der Waals surface area contributed by atoms with E-state index in [1.807, 2.05) is 0 Å². The lowest BCUT2D eigenvalue weighted by molar-refractivity contribution is -0.446. The highest BCUT2D eigenvalue weighted by Crippen LogP contribution is 2.46. The molecule has 0 aromatic rings. The van der Waals surface area contributed by atoms with Crippen LogP contribution in [0.4, 0.5) is 0 Å². The molecule has 0 amide bonds. The van der Waals surface area contributed by atoms with Gasteiger partial charge in [0, 0.05) is 6.92 Å². The largest absolute Gasteiger partial charge is 0.394 e. The van der Waals surface area contributed by atoms with Crippen molar-refractivity contribution in [3.05, 3.63) is 0 Å². The molecule has 15 heteroatoms. The van der Waals surface area contributed by atoms with E-state index in [1.165, 1.54) is 51.4 Å². The molecule has 0 spiro atoms. The summed E-state index contributed by atoms with van der Waals surface area (Å²) in [7, 11) is 0. The van der Waals surface area contributed by atoms with Crippen LogP contribution in [0.2, 0.25) is 0 Å². The molecule has 15 nitrogen and oxygen atoms in total. The third kappa shape index (κ3) is 11.3. The van der Waals surface area contributed by atoms with Crippen LogP contribution in [0.3, 0.4) is 0 Å². The summed E-state index contributed by atoms with van der Waals surface area (Å²) in [6.07, 6.45) is 1.33. The van der Waals surface area contributed by atoms with Gasteiger partial charge in [-0.05, 0) is 6.42 Å². The number of hydrogen-bond acceptors (Lipinski definition) is 15. The molecule has 2 rings (SSSR count). The summed E-state index contributed by atoms with van der Waals surface area (Å²) in [6.45, 7) is 0.216. The van der Waals surface area contributed by atoms with Crippen LogP contribution in [0, 0.1) is 5.92 Å². The Bertz CT molecular complexity index is 906. The monoisotopic (exact) mass is 682 g/mol. The Morgan fingerprint density at radius 3 is 1.60 bits per heavy atom. The summed E-state index contributed by atoms with van der Waals surface area (Å²) in [4.78, 5) is 34.0. The number of ether oxygens (including phenoxy) is 3. The molecule has 2 unspecified atom stereocenters. The van der Waals surface area contributed by atoms with Crippen molar-refractivity contribution < 1.29 is 74.4 Å². The first kappa shape index (κ1) is 41.7. The van der Waals surface area contributed by atoms with Crippen LogP contribution < -0.4 is 0 Å². The lowest BCUT2D eigenvalue weighted by atomic mass is 9.81. The Hall–Kier alpha value is -1.50. The zero-order chi connectivity index (χ0) is 35.0. The number of unbranched alkanes of at least 4 members (excludes halogenated alkanes) is 13. The van der Waals surface area contributed by atoms with E-state index in [2.05, 4.69) is 11.8 Å². The van der Waals surface area contributed by atoms with E-state index in [0.29, 0.717) is 12.8 Å². The molecular formula is C32H58O15. The maximum atomic E-state index is 13.4. The van der Waals surface area contributed by atoms with E-state index in [0.717, 1.165) is 32.6 Å². The van der Waals surface area contributed by atoms with Crippen LogP contribution in [-0.2, 0) is 33.6 Å². The van der Waals surface area contributed by atoms with Crippen molar-refractivity contribution >= 4 is 11.9 Å². The Balaban J connectivity index is 2.20. The van der Waals surface area contributed by atoms with Gasteiger partial charge in [-0.1, -0.05) is 96.8 Å². The predicted molar refractivity (Wildman–Crippen MR) is 164 cm³/mol. The Labute approximate surface area is 276 Å². The molecule has 2 heterocycles. The third-order valence-electron chi connectivity index (χ3n) is 9.08. The minimum atomic E-state index is -2.81. The van der Waals surface area contributed by atoms with Gasteiger partial charge in [-0.3, -0.25) is 0 Å².